The number of nitrogens with one attached hydrogen (secondary N) is 1. The number of fused-ring (bicyclic) bond motifs is 1. The fourth-order valence-corrected chi connectivity index (χ4v) is 3.27. The molecule has 2 rings (SSSR count). The number of esters is 1. The van der Waals surface area contributed by atoms with E-state index in [9.17, 15) is 14.4 Å². The minimum atomic E-state index is -0.881. The summed E-state index contributed by atoms with van der Waals surface area (Å²) in [5.41, 5.74) is 0.740. The van der Waals surface area contributed by atoms with Crippen molar-refractivity contribution in [3.63, 3.8) is 0 Å². The van der Waals surface area contributed by atoms with Crippen molar-refractivity contribution in [3.05, 3.63) is 39.7 Å². The molecule has 1 heterocycles. The molecular formula is C24H33NO6. The van der Waals surface area contributed by atoms with Crippen molar-refractivity contribution >= 4 is 23.0 Å². The summed E-state index contributed by atoms with van der Waals surface area (Å²) in [6.45, 7) is 12.8. The number of alkyl carbamates (subject to hydrolysis) is 1. The van der Waals surface area contributed by atoms with Gasteiger partial charge in [-0.05, 0) is 57.7 Å². The third-order valence-electron chi connectivity index (χ3n) is 5.07. The van der Waals surface area contributed by atoms with Gasteiger partial charge in [-0.15, -0.1) is 0 Å². The van der Waals surface area contributed by atoms with Crippen LogP contribution in [-0.4, -0.2) is 23.7 Å². The lowest BCUT2D eigenvalue weighted by Crippen LogP contribution is -2.48. The Morgan fingerprint density at radius 2 is 1.87 bits per heavy atom. The Kier molecular flexibility index (Phi) is 7.87. The number of aryl methyl sites for hydroxylation is 2. The molecule has 1 amide bonds. The summed E-state index contributed by atoms with van der Waals surface area (Å²) in [6.07, 6.45) is 1.61. The second-order valence-electron chi connectivity index (χ2n) is 8.84. The van der Waals surface area contributed by atoms with Crippen molar-refractivity contribution in [1.82, 2.24) is 5.32 Å². The summed E-state index contributed by atoms with van der Waals surface area (Å²) in [7, 11) is 0. The van der Waals surface area contributed by atoms with Gasteiger partial charge < -0.3 is 19.2 Å². The molecule has 2 atom stereocenters. The second kappa shape index (κ2) is 9.98. The number of rotatable bonds is 7. The van der Waals surface area contributed by atoms with Crippen molar-refractivity contribution in [3.8, 4) is 5.75 Å². The minimum Gasteiger partial charge on any atom is -0.444 e. The first-order chi connectivity index (χ1) is 14.5. The summed E-state index contributed by atoms with van der Waals surface area (Å²) in [5, 5.41) is 3.45. The molecule has 0 saturated heterocycles. The summed E-state index contributed by atoms with van der Waals surface area (Å²) >= 11 is 0. The molecule has 0 unspecified atom stereocenters. The van der Waals surface area contributed by atoms with Crippen LogP contribution < -0.4 is 15.7 Å². The van der Waals surface area contributed by atoms with E-state index in [-0.39, 0.29) is 11.7 Å². The van der Waals surface area contributed by atoms with Crippen molar-refractivity contribution in [1.29, 1.82) is 0 Å². The maximum Gasteiger partial charge on any atom is 0.408 e. The van der Waals surface area contributed by atoms with Crippen LogP contribution in [0.1, 0.15) is 65.5 Å². The van der Waals surface area contributed by atoms with Crippen LogP contribution in [0.25, 0.3) is 11.0 Å². The van der Waals surface area contributed by atoms with E-state index in [0.717, 1.165) is 23.8 Å². The number of hydrogen-bond acceptors (Lipinski definition) is 6. The zero-order valence-electron chi connectivity index (χ0n) is 19.5. The topological polar surface area (TPSA) is 94.8 Å². The van der Waals surface area contributed by atoms with Crippen LogP contribution in [0, 0.1) is 12.8 Å². The van der Waals surface area contributed by atoms with Gasteiger partial charge in [-0.3, -0.25) is 0 Å². The van der Waals surface area contributed by atoms with Crippen LogP contribution >= 0.6 is 0 Å². The molecular weight excluding hydrogens is 398 g/mol. The molecule has 7 nitrogen and oxygen atoms in total. The monoisotopic (exact) mass is 431 g/mol. The Bertz CT molecular complexity index is 1000. The molecule has 0 fully saturated rings. The predicted octanol–water partition coefficient (Wildman–Crippen LogP) is 4.90. The van der Waals surface area contributed by atoms with Gasteiger partial charge in [0.25, 0.3) is 0 Å². The maximum absolute atomic E-state index is 13.0. The third-order valence-corrected chi connectivity index (χ3v) is 5.07. The van der Waals surface area contributed by atoms with Crippen LogP contribution in [0.5, 0.6) is 5.75 Å². The average Bonchev–Trinajstić information content (AvgIpc) is 2.66. The van der Waals surface area contributed by atoms with Crippen molar-refractivity contribution in [2.75, 3.05) is 0 Å². The van der Waals surface area contributed by atoms with Crippen molar-refractivity contribution < 1.29 is 23.5 Å². The van der Waals surface area contributed by atoms with E-state index in [0.29, 0.717) is 17.6 Å². The van der Waals surface area contributed by atoms with Gasteiger partial charge in [0, 0.05) is 17.0 Å². The van der Waals surface area contributed by atoms with E-state index in [2.05, 4.69) is 5.32 Å². The maximum atomic E-state index is 13.0. The number of ether oxygens (including phenoxy) is 2. The first-order valence-corrected chi connectivity index (χ1v) is 10.7. The molecule has 1 N–H and O–H groups in total. The van der Waals surface area contributed by atoms with E-state index in [4.69, 9.17) is 13.9 Å². The molecule has 31 heavy (non-hydrogen) atoms. The first kappa shape index (κ1) is 24.4. The number of carbonyl (C=O) groups is 2. The van der Waals surface area contributed by atoms with E-state index in [1.54, 1.807) is 39.8 Å². The minimum absolute atomic E-state index is 0.171. The first-order valence-electron chi connectivity index (χ1n) is 10.7. The molecule has 0 aliphatic rings. The van der Waals surface area contributed by atoms with Crippen LogP contribution in [0.15, 0.2) is 27.4 Å². The Morgan fingerprint density at radius 1 is 1.19 bits per heavy atom. The lowest BCUT2D eigenvalue weighted by atomic mass is 9.99. The highest BCUT2D eigenvalue weighted by Crippen LogP contribution is 2.29. The quantitative estimate of drug-likeness (QED) is 0.381. The van der Waals surface area contributed by atoms with E-state index in [1.165, 1.54) is 6.07 Å². The van der Waals surface area contributed by atoms with Gasteiger partial charge in [0.05, 0.1) is 0 Å². The van der Waals surface area contributed by atoms with Gasteiger partial charge in [-0.1, -0.05) is 33.6 Å². The molecule has 170 valence electrons. The predicted molar refractivity (Wildman–Crippen MR) is 119 cm³/mol. The summed E-state index contributed by atoms with van der Waals surface area (Å²) < 4.78 is 16.3. The summed E-state index contributed by atoms with van der Waals surface area (Å²) in [6, 6.07) is 4.10. The summed E-state index contributed by atoms with van der Waals surface area (Å²) in [5.74, 6) is -0.488. The zero-order valence-corrected chi connectivity index (χ0v) is 19.5. The lowest BCUT2D eigenvalue weighted by Gasteiger charge is -2.25. The fraction of sp³-hybridized carbons (Fsp3) is 0.542. The number of benzene rings is 1. The van der Waals surface area contributed by atoms with Crippen molar-refractivity contribution in [2.45, 2.75) is 79.4 Å². The Morgan fingerprint density at radius 3 is 2.45 bits per heavy atom. The standard InChI is InChI=1S/C24H33NO6/c1-8-10-16-13-19(26)30-21-15(4)18(12-11-17(16)21)29-22(27)20(14(3)9-2)25-23(28)31-24(5,6)7/h11-14,20H,8-10H2,1-7H3,(H,25,28)/t14-,20+/m1/s1. The highest BCUT2D eigenvalue weighted by Gasteiger charge is 2.30. The smallest absolute Gasteiger partial charge is 0.408 e. The summed E-state index contributed by atoms with van der Waals surface area (Å²) in [4.78, 5) is 37.2. The van der Waals surface area contributed by atoms with E-state index in [1.807, 2.05) is 20.8 Å². The SMILES string of the molecule is CCCc1cc(=O)oc2c(C)c(OC(=O)[C@@H](NC(=O)OC(C)(C)C)[C@H](C)CC)ccc12. The molecule has 2 aromatic rings. The average molecular weight is 432 g/mol. The van der Waals surface area contributed by atoms with Gasteiger partial charge in [0.2, 0.25) is 0 Å². The highest BCUT2D eigenvalue weighted by molar-refractivity contribution is 5.88. The van der Waals surface area contributed by atoms with E-state index >= 15 is 0 Å². The van der Waals surface area contributed by atoms with Crippen LogP contribution in [0.2, 0.25) is 0 Å². The normalized spacial score (nSPS) is 13.5. The molecule has 0 aliphatic heterocycles. The fourth-order valence-electron chi connectivity index (χ4n) is 3.27. The van der Waals surface area contributed by atoms with Gasteiger partial charge >= 0.3 is 17.7 Å². The lowest BCUT2D eigenvalue weighted by molar-refractivity contribution is -0.138. The number of amides is 1. The molecule has 0 spiro atoms. The molecule has 0 aliphatic carbocycles. The molecule has 0 bridgehead atoms. The van der Waals surface area contributed by atoms with Gasteiger partial charge in [0.1, 0.15) is 23.0 Å². The van der Waals surface area contributed by atoms with Crippen LogP contribution in [0.4, 0.5) is 4.79 Å². The Hall–Kier alpha value is -2.83. The van der Waals surface area contributed by atoms with Crippen LogP contribution in [-0.2, 0) is 16.0 Å². The number of hydrogen-bond donors (Lipinski definition) is 1. The molecule has 0 radical (unpaired) electrons. The highest BCUT2D eigenvalue weighted by atomic mass is 16.6. The largest absolute Gasteiger partial charge is 0.444 e. The second-order valence-corrected chi connectivity index (χ2v) is 8.84. The van der Waals surface area contributed by atoms with Gasteiger partial charge in [0.15, 0.2) is 0 Å². The Labute approximate surface area is 183 Å². The molecule has 7 heteroatoms. The van der Waals surface area contributed by atoms with Crippen LogP contribution in [0.3, 0.4) is 0 Å². The molecule has 1 aromatic carbocycles. The van der Waals surface area contributed by atoms with Gasteiger partial charge in [-0.2, -0.15) is 0 Å². The Balaban J connectivity index is 2.33. The third kappa shape index (κ3) is 6.32. The van der Waals surface area contributed by atoms with Gasteiger partial charge in [-0.25, -0.2) is 14.4 Å². The van der Waals surface area contributed by atoms with E-state index < -0.39 is 29.3 Å². The number of carbonyl (C=O) groups excluding carboxylic acids is 2. The van der Waals surface area contributed by atoms with Crippen molar-refractivity contribution in [2.24, 2.45) is 5.92 Å². The molecule has 1 aromatic heterocycles. The molecule has 0 saturated carbocycles. The zero-order chi connectivity index (χ0) is 23.3.